The molecule has 0 aliphatic carbocycles. The van der Waals surface area contributed by atoms with Crippen LogP contribution in [0.4, 0.5) is 4.79 Å². The molecule has 2 aromatic carbocycles. The van der Waals surface area contributed by atoms with Crippen molar-refractivity contribution in [3.05, 3.63) is 56.5 Å². The van der Waals surface area contributed by atoms with Crippen LogP contribution < -0.4 is 9.47 Å². The Balaban J connectivity index is 0.000000748. The minimum atomic E-state index is -0.558. The summed E-state index contributed by atoms with van der Waals surface area (Å²) in [5, 5.41) is 2.86. The van der Waals surface area contributed by atoms with Gasteiger partial charge in [0.25, 0.3) is 0 Å². The van der Waals surface area contributed by atoms with E-state index in [1.807, 2.05) is 20.8 Å². The van der Waals surface area contributed by atoms with Crippen molar-refractivity contribution in [3.8, 4) is 36.2 Å². The van der Waals surface area contributed by atoms with E-state index in [0.29, 0.717) is 63.1 Å². The fourth-order valence-corrected chi connectivity index (χ4v) is 3.55. The average Bonchev–Trinajstić information content (AvgIpc) is 2.88. The monoisotopic (exact) mass is 693 g/mol. The Morgan fingerprint density at radius 2 is 1.38 bits per heavy atom. The summed E-state index contributed by atoms with van der Waals surface area (Å²) in [5.41, 5.74) is -0.558. The fourth-order valence-electron chi connectivity index (χ4n) is 2.62. The number of rotatable bonds is 10. The van der Waals surface area contributed by atoms with Gasteiger partial charge in [0, 0.05) is 16.6 Å². The van der Waals surface area contributed by atoms with Crippen molar-refractivity contribution in [2.24, 2.45) is 0 Å². The number of ether oxygens (including phenoxy) is 3. The van der Waals surface area contributed by atoms with Gasteiger partial charge in [-0.1, -0.05) is 87.5 Å². The largest absolute Gasteiger partial charge is 0.492 e. The van der Waals surface area contributed by atoms with E-state index in [4.69, 9.17) is 73.5 Å². The molecule has 0 heterocycles. The number of carbonyl (C=O) groups is 1. The molecule has 0 atom stereocenters. The number of carbonyl (C=O) groups excluding carboxylic acids is 1. The molecule has 10 heteroatoms. The number of hydrogen-bond acceptors (Lipinski definition) is 4. The summed E-state index contributed by atoms with van der Waals surface area (Å²) in [6.45, 7) is 9.27. The summed E-state index contributed by atoms with van der Waals surface area (Å²) in [7, 11) is 0. The van der Waals surface area contributed by atoms with Crippen LogP contribution in [0.5, 0.6) is 11.5 Å². The zero-order chi connectivity index (χ0) is 30.6. The molecular weight excluding hydrogens is 660 g/mol. The van der Waals surface area contributed by atoms with Crippen molar-refractivity contribution in [1.82, 2.24) is 4.90 Å². The van der Waals surface area contributed by atoms with Crippen molar-refractivity contribution in [2.45, 2.75) is 52.6 Å². The van der Waals surface area contributed by atoms with Crippen molar-refractivity contribution in [1.29, 1.82) is 0 Å². The molecule has 5 nitrogen and oxygen atoms in total. The van der Waals surface area contributed by atoms with Crippen LogP contribution in [0.15, 0.2) is 36.4 Å². The first-order chi connectivity index (χ1) is 18.9. The van der Waals surface area contributed by atoms with Gasteiger partial charge < -0.3 is 14.2 Å². The Kier molecular flexibility index (Phi) is 20.7. The van der Waals surface area contributed by atoms with Crippen LogP contribution in [0.3, 0.4) is 0 Å². The lowest BCUT2D eigenvalue weighted by molar-refractivity contribution is 0.0268. The summed E-state index contributed by atoms with van der Waals surface area (Å²) in [5.74, 6) is 6.06. The van der Waals surface area contributed by atoms with Crippen molar-refractivity contribution in [3.63, 3.8) is 0 Å². The van der Waals surface area contributed by atoms with Crippen molar-refractivity contribution < 1.29 is 19.0 Å². The normalized spacial score (nSPS) is 9.97. The molecule has 0 saturated carbocycles. The van der Waals surface area contributed by atoms with Crippen LogP contribution in [-0.2, 0) is 4.74 Å². The highest BCUT2D eigenvalue weighted by Crippen LogP contribution is 2.28. The zero-order valence-electron chi connectivity index (χ0n) is 23.2. The molecule has 0 aromatic heterocycles. The van der Waals surface area contributed by atoms with E-state index in [1.165, 1.54) is 4.90 Å². The first-order valence-corrected chi connectivity index (χ1v) is 15.1. The second-order valence-corrected chi connectivity index (χ2v) is 11.2. The summed E-state index contributed by atoms with van der Waals surface area (Å²) < 4.78 is 16.3. The molecule has 0 spiro atoms. The van der Waals surface area contributed by atoms with Crippen molar-refractivity contribution in [2.75, 3.05) is 31.6 Å². The van der Waals surface area contributed by atoms with E-state index in [2.05, 4.69) is 34.7 Å². The van der Waals surface area contributed by atoms with Gasteiger partial charge in [-0.25, -0.2) is 4.79 Å². The van der Waals surface area contributed by atoms with E-state index in [1.54, 1.807) is 36.4 Å². The minimum absolute atomic E-state index is 0.191. The number of halogens is 5. The molecule has 2 rings (SSSR count). The van der Waals surface area contributed by atoms with Gasteiger partial charge in [0.1, 0.15) is 17.1 Å². The number of hydrogen-bond donors (Lipinski definition) is 0. The van der Waals surface area contributed by atoms with Crippen LogP contribution in [0.25, 0.3) is 0 Å². The van der Waals surface area contributed by atoms with Gasteiger partial charge in [0.2, 0.25) is 0 Å². The Morgan fingerprint density at radius 1 is 0.900 bits per heavy atom. The number of terminal acetylenes is 2. The van der Waals surface area contributed by atoms with Gasteiger partial charge >= 0.3 is 6.09 Å². The first kappa shape index (κ1) is 38.1. The minimum Gasteiger partial charge on any atom is -0.492 e. The molecular formula is C30H36BrCl4NO4. The zero-order valence-corrected chi connectivity index (χ0v) is 27.9. The number of benzene rings is 2. The Bertz CT molecular complexity index is 1110. The van der Waals surface area contributed by atoms with Crippen LogP contribution in [0, 0.1) is 24.7 Å². The molecule has 0 aliphatic heterocycles. The van der Waals surface area contributed by atoms with Crippen LogP contribution in [-0.4, -0.2) is 48.2 Å². The van der Waals surface area contributed by atoms with Gasteiger partial charge in [-0.3, -0.25) is 4.90 Å². The molecule has 0 radical (unpaired) electrons. The lowest BCUT2D eigenvalue weighted by atomic mass is 10.2. The summed E-state index contributed by atoms with van der Waals surface area (Å²) in [6, 6.07) is 10.3. The Hall–Kier alpha value is -1.93. The summed E-state index contributed by atoms with van der Waals surface area (Å²) >= 11 is 26.5. The predicted molar refractivity (Wildman–Crippen MR) is 173 cm³/mol. The predicted octanol–water partition coefficient (Wildman–Crippen LogP) is 9.82. The summed E-state index contributed by atoms with van der Waals surface area (Å²) in [4.78, 5) is 13.5. The van der Waals surface area contributed by atoms with E-state index in [0.717, 1.165) is 12.8 Å². The third-order valence-electron chi connectivity index (χ3n) is 4.38. The molecule has 0 aliphatic rings. The van der Waals surface area contributed by atoms with Crippen molar-refractivity contribution >= 4 is 68.4 Å². The van der Waals surface area contributed by atoms with Crippen LogP contribution >= 0.6 is 62.3 Å². The first-order valence-electron chi connectivity index (χ1n) is 12.4. The van der Waals surface area contributed by atoms with E-state index in [9.17, 15) is 4.79 Å². The highest BCUT2D eigenvalue weighted by atomic mass is 79.9. The standard InChI is InChI=1S/C17H21Cl2NO3.C10H12Cl2O.C3H3Br/c1-5-9-20(16(21)23-17(2,3)4)10-6-11-22-15-8-7-13(18)12-14(15)19;1-2-3-6-13-10-5-4-8(11)7-9(10)12;1-2-3-4/h1,7-8,12H,6,9-11H2,2-4H3;4-5,7H,2-3,6H2,1H3;1H,3H2. The lowest BCUT2D eigenvalue weighted by Gasteiger charge is -2.26. The van der Waals surface area contributed by atoms with Gasteiger partial charge in [-0.2, -0.15) is 0 Å². The molecule has 220 valence electrons. The van der Waals surface area contributed by atoms with E-state index in [-0.39, 0.29) is 6.54 Å². The highest BCUT2D eigenvalue weighted by Gasteiger charge is 2.21. The van der Waals surface area contributed by atoms with Crippen LogP contribution in [0.1, 0.15) is 47.0 Å². The number of nitrogens with zero attached hydrogens (tertiary/aromatic N) is 1. The Labute approximate surface area is 267 Å². The second-order valence-electron chi connectivity index (χ2n) is 9.00. The number of unbranched alkanes of at least 4 members (excludes halogenated alkanes) is 1. The molecule has 0 bridgehead atoms. The molecule has 1 amide bonds. The molecule has 0 N–H and O–H groups in total. The maximum atomic E-state index is 12.0. The molecule has 2 aromatic rings. The van der Waals surface area contributed by atoms with Gasteiger partial charge in [0.15, 0.2) is 0 Å². The second kappa shape index (κ2) is 21.8. The number of amides is 1. The van der Waals surface area contributed by atoms with Gasteiger partial charge in [0.05, 0.1) is 35.1 Å². The third-order valence-corrected chi connectivity index (χ3v) is 5.77. The summed E-state index contributed by atoms with van der Waals surface area (Å²) in [6.07, 6.45) is 12.4. The van der Waals surface area contributed by atoms with Crippen LogP contribution in [0.2, 0.25) is 20.1 Å². The lowest BCUT2D eigenvalue weighted by Crippen LogP contribution is -2.38. The molecule has 0 unspecified atom stereocenters. The molecule has 0 saturated heterocycles. The maximum Gasteiger partial charge on any atom is 0.411 e. The van der Waals surface area contributed by atoms with E-state index < -0.39 is 11.7 Å². The quantitative estimate of drug-likeness (QED) is 0.141. The molecule has 40 heavy (non-hydrogen) atoms. The fraction of sp³-hybridized carbons (Fsp3) is 0.433. The smallest absolute Gasteiger partial charge is 0.411 e. The maximum absolute atomic E-state index is 12.0. The average molecular weight is 696 g/mol. The number of alkyl halides is 1. The topological polar surface area (TPSA) is 48.0 Å². The van der Waals surface area contributed by atoms with E-state index >= 15 is 0 Å². The van der Waals surface area contributed by atoms with Gasteiger partial charge in [-0.05, 0) is 70.0 Å². The van der Waals surface area contributed by atoms with Gasteiger partial charge in [-0.15, -0.1) is 12.8 Å². The Morgan fingerprint density at radius 3 is 1.75 bits per heavy atom. The molecule has 0 fully saturated rings. The SMILES string of the molecule is C#CCBr.C#CCN(CCCOc1ccc(Cl)cc1Cl)C(=O)OC(C)(C)C.CCCCOc1ccc(Cl)cc1Cl. The highest BCUT2D eigenvalue weighted by molar-refractivity contribution is 9.09. The third kappa shape index (κ3) is 18.4.